The van der Waals surface area contributed by atoms with Crippen LogP contribution in [0.25, 0.3) is 0 Å². The number of aliphatic carboxylic acids is 1. The Kier molecular flexibility index (Phi) is 5.21. The standard InChI is InChI=1S/C19H21NO4/c21-18(22)9-8-14-4-1-6-16(12-14)20-13-15-5-2-7-17-19(15)24-11-3-10-23-17/h1-2,4-7,12,20H,3,8-11,13H2,(H,21,22). The van der Waals surface area contributed by atoms with E-state index >= 15 is 0 Å². The minimum atomic E-state index is -0.780. The van der Waals surface area contributed by atoms with E-state index in [0.29, 0.717) is 26.2 Å². The lowest BCUT2D eigenvalue weighted by Crippen LogP contribution is -2.04. The average molecular weight is 327 g/mol. The van der Waals surface area contributed by atoms with E-state index in [1.807, 2.05) is 42.5 Å². The quantitative estimate of drug-likeness (QED) is 0.850. The number of hydrogen-bond donors (Lipinski definition) is 2. The lowest BCUT2D eigenvalue weighted by Gasteiger charge is -2.14. The van der Waals surface area contributed by atoms with Crippen molar-refractivity contribution in [2.24, 2.45) is 0 Å². The lowest BCUT2D eigenvalue weighted by atomic mass is 10.1. The monoisotopic (exact) mass is 327 g/mol. The molecule has 24 heavy (non-hydrogen) atoms. The molecule has 0 aliphatic carbocycles. The van der Waals surface area contributed by atoms with Gasteiger partial charge in [0.2, 0.25) is 0 Å². The number of para-hydroxylation sites is 1. The zero-order valence-corrected chi connectivity index (χ0v) is 13.5. The molecule has 0 atom stereocenters. The molecule has 0 amide bonds. The van der Waals surface area contributed by atoms with Crippen LogP contribution in [0.15, 0.2) is 42.5 Å². The lowest BCUT2D eigenvalue weighted by molar-refractivity contribution is -0.136. The average Bonchev–Trinajstić information content (AvgIpc) is 2.84. The molecule has 2 N–H and O–H groups in total. The maximum Gasteiger partial charge on any atom is 0.303 e. The molecule has 1 aliphatic heterocycles. The number of fused-ring (bicyclic) bond motifs is 1. The van der Waals surface area contributed by atoms with Gasteiger partial charge >= 0.3 is 5.97 Å². The molecule has 0 aromatic heterocycles. The van der Waals surface area contributed by atoms with Crippen LogP contribution < -0.4 is 14.8 Å². The van der Waals surface area contributed by atoms with Gasteiger partial charge in [-0.1, -0.05) is 24.3 Å². The Morgan fingerprint density at radius 2 is 1.96 bits per heavy atom. The molecular formula is C19H21NO4. The van der Waals surface area contributed by atoms with Crippen molar-refractivity contribution in [3.05, 3.63) is 53.6 Å². The molecule has 3 rings (SSSR count). The molecule has 0 saturated heterocycles. The van der Waals surface area contributed by atoms with E-state index in [-0.39, 0.29) is 6.42 Å². The second-order valence-corrected chi connectivity index (χ2v) is 5.74. The van der Waals surface area contributed by atoms with E-state index in [1.54, 1.807) is 0 Å². The van der Waals surface area contributed by atoms with Gasteiger partial charge in [-0.25, -0.2) is 0 Å². The molecule has 0 unspecified atom stereocenters. The van der Waals surface area contributed by atoms with Crippen LogP contribution in [0.2, 0.25) is 0 Å². The second kappa shape index (κ2) is 7.73. The predicted molar refractivity (Wildman–Crippen MR) is 91.8 cm³/mol. The summed E-state index contributed by atoms with van der Waals surface area (Å²) in [6.45, 7) is 1.96. The molecule has 0 saturated carbocycles. The van der Waals surface area contributed by atoms with Crippen LogP contribution in [0.3, 0.4) is 0 Å². The van der Waals surface area contributed by atoms with E-state index in [1.165, 1.54) is 0 Å². The number of rotatable bonds is 6. The smallest absolute Gasteiger partial charge is 0.303 e. The molecule has 1 aliphatic rings. The summed E-state index contributed by atoms with van der Waals surface area (Å²) >= 11 is 0. The number of carboxylic acid groups (broad SMARTS) is 1. The summed E-state index contributed by atoms with van der Waals surface area (Å²) in [7, 11) is 0. The van der Waals surface area contributed by atoms with Gasteiger partial charge in [0, 0.05) is 30.6 Å². The van der Waals surface area contributed by atoms with Crippen LogP contribution in [0.5, 0.6) is 11.5 Å². The first-order chi connectivity index (χ1) is 11.7. The normalized spacial score (nSPS) is 13.2. The van der Waals surface area contributed by atoms with Crippen LogP contribution in [-0.4, -0.2) is 24.3 Å². The predicted octanol–water partition coefficient (Wildman–Crippen LogP) is 3.48. The van der Waals surface area contributed by atoms with Crippen molar-refractivity contribution in [3.8, 4) is 11.5 Å². The Labute approximate surface area is 141 Å². The van der Waals surface area contributed by atoms with Crippen LogP contribution in [-0.2, 0) is 17.8 Å². The van der Waals surface area contributed by atoms with Crippen molar-refractivity contribution < 1.29 is 19.4 Å². The highest BCUT2D eigenvalue weighted by molar-refractivity contribution is 5.67. The molecule has 1 heterocycles. The number of anilines is 1. The van der Waals surface area contributed by atoms with E-state index < -0.39 is 5.97 Å². The Balaban J connectivity index is 1.68. The topological polar surface area (TPSA) is 67.8 Å². The van der Waals surface area contributed by atoms with Gasteiger partial charge in [-0.2, -0.15) is 0 Å². The van der Waals surface area contributed by atoms with E-state index in [4.69, 9.17) is 14.6 Å². The Morgan fingerprint density at radius 1 is 1.12 bits per heavy atom. The molecule has 5 nitrogen and oxygen atoms in total. The van der Waals surface area contributed by atoms with Crippen LogP contribution in [0.4, 0.5) is 5.69 Å². The summed E-state index contributed by atoms with van der Waals surface area (Å²) in [6, 6.07) is 13.8. The first kappa shape index (κ1) is 16.2. The Morgan fingerprint density at radius 3 is 2.83 bits per heavy atom. The Bertz CT molecular complexity index is 714. The van der Waals surface area contributed by atoms with E-state index in [2.05, 4.69) is 5.32 Å². The van der Waals surface area contributed by atoms with Crippen molar-refractivity contribution in [1.29, 1.82) is 0 Å². The largest absolute Gasteiger partial charge is 0.490 e. The summed E-state index contributed by atoms with van der Waals surface area (Å²) < 4.78 is 11.5. The third kappa shape index (κ3) is 4.19. The first-order valence-corrected chi connectivity index (χ1v) is 8.14. The molecule has 0 spiro atoms. The molecule has 126 valence electrons. The number of aryl methyl sites for hydroxylation is 1. The van der Waals surface area contributed by atoms with Crippen molar-refractivity contribution >= 4 is 11.7 Å². The van der Waals surface area contributed by atoms with Crippen molar-refractivity contribution in [2.75, 3.05) is 18.5 Å². The van der Waals surface area contributed by atoms with Gasteiger partial charge < -0.3 is 19.9 Å². The maximum atomic E-state index is 10.7. The van der Waals surface area contributed by atoms with E-state index in [9.17, 15) is 4.79 Å². The van der Waals surface area contributed by atoms with E-state index in [0.717, 1.165) is 34.7 Å². The maximum absolute atomic E-state index is 10.7. The highest BCUT2D eigenvalue weighted by Crippen LogP contribution is 2.33. The van der Waals surface area contributed by atoms with Crippen molar-refractivity contribution in [2.45, 2.75) is 25.8 Å². The number of ether oxygens (including phenoxy) is 2. The highest BCUT2D eigenvalue weighted by Gasteiger charge is 2.14. The van der Waals surface area contributed by atoms with Crippen LogP contribution in [0.1, 0.15) is 24.0 Å². The SMILES string of the molecule is O=C(O)CCc1cccc(NCc2cccc3c2OCCCO3)c1. The number of nitrogens with one attached hydrogen (secondary N) is 1. The van der Waals surface area contributed by atoms with Gasteiger partial charge in [-0.15, -0.1) is 0 Å². The highest BCUT2D eigenvalue weighted by atomic mass is 16.5. The fourth-order valence-electron chi connectivity index (χ4n) is 2.68. The van der Waals surface area contributed by atoms with Crippen LogP contribution >= 0.6 is 0 Å². The number of carbonyl (C=O) groups is 1. The van der Waals surface area contributed by atoms with Gasteiger partial charge in [0.25, 0.3) is 0 Å². The molecule has 5 heteroatoms. The zero-order valence-electron chi connectivity index (χ0n) is 13.5. The number of carboxylic acids is 1. The van der Waals surface area contributed by atoms with Crippen molar-refractivity contribution in [3.63, 3.8) is 0 Å². The van der Waals surface area contributed by atoms with Gasteiger partial charge in [-0.05, 0) is 30.2 Å². The summed E-state index contributed by atoms with van der Waals surface area (Å²) in [5, 5.41) is 12.2. The summed E-state index contributed by atoms with van der Waals surface area (Å²) in [4.78, 5) is 10.7. The van der Waals surface area contributed by atoms with Crippen LogP contribution in [0, 0.1) is 0 Å². The number of benzene rings is 2. The van der Waals surface area contributed by atoms with Gasteiger partial charge in [0.15, 0.2) is 11.5 Å². The molecule has 0 bridgehead atoms. The van der Waals surface area contributed by atoms with Gasteiger partial charge in [0.05, 0.1) is 13.2 Å². The second-order valence-electron chi connectivity index (χ2n) is 5.74. The van der Waals surface area contributed by atoms with Gasteiger partial charge in [-0.3, -0.25) is 4.79 Å². The molecule has 0 fully saturated rings. The van der Waals surface area contributed by atoms with Gasteiger partial charge in [0.1, 0.15) is 0 Å². The Hall–Kier alpha value is -2.69. The summed E-state index contributed by atoms with van der Waals surface area (Å²) in [5.74, 6) is 0.823. The fraction of sp³-hybridized carbons (Fsp3) is 0.316. The fourth-order valence-corrected chi connectivity index (χ4v) is 2.68. The molecule has 2 aromatic carbocycles. The first-order valence-electron chi connectivity index (χ1n) is 8.14. The van der Waals surface area contributed by atoms with Crippen molar-refractivity contribution in [1.82, 2.24) is 0 Å². The third-order valence-electron chi connectivity index (χ3n) is 3.89. The minimum Gasteiger partial charge on any atom is -0.490 e. The molecular weight excluding hydrogens is 306 g/mol. The zero-order chi connectivity index (χ0) is 16.8. The molecule has 2 aromatic rings. The summed E-state index contributed by atoms with van der Waals surface area (Å²) in [5.41, 5.74) is 3.02. The number of hydrogen-bond acceptors (Lipinski definition) is 4. The summed E-state index contributed by atoms with van der Waals surface area (Å²) in [6.07, 6.45) is 1.55. The minimum absolute atomic E-state index is 0.140. The molecule has 0 radical (unpaired) electrons. The third-order valence-corrected chi connectivity index (χ3v) is 3.89.